The summed E-state index contributed by atoms with van der Waals surface area (Å²) in [6.45, 7) is 13.9. The standard InChI is InChI=1S/C64H124O17P2/c1-9-57(8)43-35-27-21-23-31-39-47-64(69)81-60(51-75-62(67)45-37-29-22-20-26-34-42-56(6)7)53-79-83(72,73)77-49-58(65)48-76-82(70,71)78-52-59(50-74-61(66)44-36-28-18-15-14-17-25-33-41-55(4)5)80-63(68)46-38-30-19-13-11-10-12-16-24-32-40-54(2)3/h54-60,65H,9-53H2,1-8H3,(H,70,71)(H,72,73)/t57?,58-,59-,60-/m1/s1. The minimum Gasteiger partial charge on any atom is -0.462 e. The molecule has 0 aliphatic rings. The van der Waals surface area contributed by atoms with Gasteiger partial charge in [-0.1, -0.05) is 254 Å². The van der Waals surface area contributed by atoms with Crippen molar-refractivity contribution in [3.63, 3.8) is 0 Å². The van der Waals surface area contributed by atoms with Crippen LogP contribution in [0.1, 0.15) is 306 Å². The third kappa shape index (κ3) is 57.6. The van der Waals surface area contributed by atoms with E-state index in [1.807, 2.05) is 0 Å². The largest absolute Gasteiger partial charge is 0.472 e. The molecule has 6 atom stereocenters. The van der Waals surface area contributed by atoms with Crippen LogP contribution in [0.2, 0.25) is 0 Å². The number of ether oxygens (including phenoxy) is 4. The first-order valence-electron chi connectivity index (χ1n) is 33.2. The first-order valence-corrected chi connectivity index (χ1v) is 36.2. The van der Waals surface area contributed by atoms with Crippen molar-refractivity contribution in [1.29, 1.82) is 0 Å². The minimum absolute atomic E-state index is 0.101. The number of aliphatic hydroxyl groups excluding tert-OH is 1. The molecule has 0 rings (SSSR count). The molecule has 0 aromatic rings. The van der Waals surface area contributed by atoms with Crippen molar-refractivity contribution in [2.45, 2.75) is 324 Å². The summed E-state index contributed by atoms with van der Waals surface area (Å²) in [7, 11) is -9.89. The molecule has 17 nitrogen and oxygen atoms in total. The molecule has 0 aliphatic heterocycles. The van der Waals surface area contributed by atoms with Gasteiger partial charge in [0, 0.05) is 25.7 Å². The van der Waals surface area contributed by atoms with Gasteiger partial charge in [0.15, 0.2) is 12.2 Å². The fourth-order valence-corrected chi connectivity index (χ4v) is 11.0. The zero-order valence-electron chi connectivity index (χ0n) is 53.8. The highest BCUT2D eigenvalue weighted by Gasteiger charge is 2.30. The molecule has 3 N–H and O–H groups in total. The number of phosphoric acid groups is 2. The predicted octanol–water partition coefficient (Wildman–Crippen LogP) is 17.4. The monoisotopic (exact) mass is 1230 g/mol. The number of aliphatic hydroxyl groups is 1. The molecular formula is C64H124O17P2. The maximum atomic E-state index is 13.0. The van der Waals surface area contributed by atoms with Crippen molar-refractivity contribution in [3.8, 4) is 0 Å². The lowest BCUT2D eigenvalue weighted by Gasteiger charge is -2.21. The number of hydrogen-bond acceptors (Lipinski definition) is 15. The van der Waals surface area contributed by atoms with E-state index in [9.17, 15) is 43.2 Å². The van der Waals surface area contributed by atoms with Crippen LogP contribution < -0.4 is 0 Å². The van der Waals surface area contributed by atoms with Crippen LogP contribution in [-0.2, 0) is 65.4 Å². The van der Waals surface area contributed by atoms with Gasteiger partial charge in [-0.3, -0.25) is 37.3 Å². The zero-order valence-corrected chi connectivity index (χ0v) is 55.6. The van der Waals surface area contributed by atoms with E-state index < -0.39 is 97.5 Å². The SMILES string of the molecule is CCC(C)CCCCCCCCC(=O)O[C@H](COC(=O)CCCCCCCCC(C)C)COP(=O)(O)OC[C@H](O)COP(=O)(O)OC[C@@H](COC(=O)CCCCCCCCCCC(C)C)OC(=O)CCCCCCCCCCCCC(C)C. The summed E-state index contributed by atoms with van der Waals surface area (Å²) in [6.07, 6.45) is 33.7. The minimum atomic E-state index is -4.95. The molecule has 3 unspecified atom stereocenters. The van der Waals surface area contributed by atoms with Crippen molar-refractivity contribution in [1.82, 2.24) is 0 Å². The molecule has 0 aromatic heterocycles. The quantitative estimate of drug-likeness (QED) is 0.0222. The number of hydrogen-bond donors (Lipinski definition) is 3. The third-order valence-corrected chi connectivity index (χ3v) is 16.8. The van der Waals surface area contributed by atoms with Crippen molar-refractivity contribution < 1.29 is 80.2 Å². The first kappa shape index (κ1) is 81.1. The Labute approximate surface area is 505 Å². The van der Waals surface area contributed by atoms with Crippen LogP contribution >= 0.6 is 15.6 Å². The Morgan fingerprint density at radius 3 is 0.855 bits per heavy atom. The number of carbonyl (C=O) groups is 4. The van der Waals surface area contributed by atoms with Gasteiger partial charge in [-0.2, -0.15) is 0 Å². The Hall–Kier alpha value is -1.94. The molecule has 19 heteroatoms. The molecule has 0 aliphatic carbocycles. The first-order chi connectivity index (χ1) is 39.6. The highest BCUT2D eigenvalue weighted by atomic mass is 31.2. The summed E-state index contributed by atoms with van der Waals surface area (Å²) < 4.78 is 68.0. The maximum Gasteiger partial charge on any atom is 0.472 e. The maximum absolute atomic E-state index is 13.0. The number of carbonyl (C=O) groups excluding carboxylic acids is 4. The molecule has 0 fully saturated rings. The zero-order chi connectivity index (χ0) is 61.8. The molecule has 0 radical (unpaired) electrons. The lowest BCUT2D eigenvalue weighted by molar-refractivity contribution is -0.161. The summed E-state index contributed by atoms with van der Waals surface area (Å²) in [5.74, 6) is 0.735. The van der Waals surface area contributed by atoms with Crippen molar-refractivity contribution >= 4 is 39.5 Å². The predicted molar refractivity (Wildman–Crippen MR) is 331 cm³/mol. The van der Waals surface area contributed by atoms with E-state index in [0.29, 0.717) is 31.6 Å². The van der Waals surface area contributed by atoms with Crippen molar-refractivity contribution in [2.24, 2.45) is 23.7 Å². The van der Waals surface area contributed by atoms with E-state index in [4.69, 9.17) is 37.0 Å². The normalized spacial score (nSPS) is 14.8. The highest BCUT2D eigenvalue weighted by Crippen LogP contribution is 2.45. The van der Waals surface area contributed by atoms with Gasteiger partial charge in [0.1, 0.15) is 19.3 Å². The highest BCUT2D eigenvalue weighted by molar-refractivity contribution is 7.47. The van der Waals surface area contributed by atoms with E-state index in [0.717, 1.165) is 114 Å². The van der Waals surface area contributed by atoms with E-state index in [2.05, 4.69) is 55.4 Å². The van der Waals surface area contributed by atoms with Gasteiger partial charge in [0.2, 0.25) is 0 Å². The van der Waals surface area contributed by atoms with Crippen molar-refractivity contribution in [3.05, 3.63) is 0 Å². The van der Waals surface area contributed by atoms with Gasteiger partial charge in [-0.15, -0.1) is 0 Å². The molecule has 492 valence electrons. The van der Waals surface area contributed by atoms with E-state index in [1.165, 1.54) is 103 Å². The number of rotatable bonds is 61. The molecule has 0 saturated heterocycles. The molecule has 0 bridgehead atoms. The van der Waals surface area contributed by atoms with Gasteiger partial charge in [0.25, 0.3) is 0 Å². The van der Waals surface area contributed by atoms with Crippen LogP contribution in [0, 0.1) is 23.7 Å². The summed E-state index contributed by atoms with van der Waals surface area (Å²) in [5, 5.41) is 10.5. The molecule has 83 heavy (non-hydrogen) atoms. The molecule has 0 saturated carbocycles. The van der Waals surface area contributed by atoms with Crippen LogP contribution in [0.25, 0.3) is 0 Å². The molecule has 0 aromatic carbocycles. The van der Waals surface area contributed by atoms with Crippen molar-refractivity contribution in [2.75, 3.05) is 39.6 Å². The molecule has 0 heterocycles. The summed E-state index contributed by atoms with van der Waals surface area (Å²) in [6, 6.07) is 0. The second-order valence-electron chi connectivity index (χ2n) is 24.8. The third-order valence-electron chi connectivity index (χ3n) is 14.9. The van der Waals surface area contributed by atoms with E-state index in [1.54, 1.807) is 0 Å². The van der Waals surface area contributed by atoms with Gasteiger partial charge in [-0.25, -0.2) is 9.13 Å². The van der Waals surface area contributed by atoms with Gasteiger partial charge < -0.3 is 33.8 Å². The van der Waals surface area contributed by atoms with Crippen LogP contribution in [-0.4, -0.2) is 96.7 Å². The number of unbranched alkanes of at least 4 members (excludes halogenated alkanes) is 26. The summed E-state index contributed by atoms with van der Waals surface area (Å²) >= 11 is 0. The van der Waals surface area contributed by atoms with Crippen LogP contribution in [0.5, 0.6) is 0 Å². The summed E-state index contributed by atoms with van der Waals surface area (Å²) in [4.78, 5) is 72.2. The fraction of sp³-hybridized carbons (Fsp3) is 0.938. The Bertz CT molecular complexity index is 1660. The lowest BCUT2D eigenvalue weighted by atomic mass is 10.00. The van der Waals surface area contributed by atoms with E-state index in [-0.39, 0.29) is 25.7 Å². The lowest BCUT2D eigenvalue weighted by Crippen LogP contribution is -2.30. The fourth-order valence-electron chi connectivity index (χ4n) is 9.40. The Morgan fingerprint density at radius 1 is 0.337 bits per heavy atom. The smallest absolute Gasteiger partial charge is 0.462 e. The molecule has 0 spiro atoms. The van der Waals surface area contributed by atoms with Crippen LogP contribution in [0.3, 0.4) is 0 Å². The van der Waals surface area contributed by atoms with Crippen LogP contribution in [0.4, 0.5) is 0 Å². The number of esters is 4. The van der Waals surface area contributed by atoms with E-state index >= 15 is 0 Å². The Balaban J connectivity index is 5.26. The average molecular weight is 1230 g/mol. The van der Waals surface area contributed by atoms with Gasteiger partial charge in [0.05, 0.1) is 26.4 Å². The molecular weight excluding hydrogens is 1100 g/mol. The summed E-state index contributed by atoms with van der Waals surface area (Å²) in [5.41, 5.74) is 0. The average Bonchev–Trinajstić information content (AvgIpc) is 3.43. The second-order valence-corrected chi connectivity index (χ2v) is 27.7. The second kappa shape index (κ2) is 54.2. The van der Waals surface area contributed by atoms with Gasteiger partial charge in [-0.05, 0) is 49.4 Å². The van der Waals surface area contributed by atoms with Gasteiger partial charge >= 0.3 is 39.5 Å². The Morgan fingerprint density at radius 2 is 0.578 bits per heavy atom. The molecule has 0 amide bonds. The number of phosphoric ester groups is 2. The Kier molecular flexibility index (Phi) is 53.0. The topological polar surface area (TPSA) is 237 Å². The van der Waals surface area contributed by atoms with Crippen LogP contribution in [0.15, 0.2) is 0 Å².